The molecule has 0 saturated heterocycles. The van der Waals surface area contributed by atoms with E-state index in [4.69, 9.17) is 4.74 Å². The Morgan fingerprint density at radius 1 is 0.839 bits per heavy atom. The number of ether oxygens (including phenoxy) is 1. The molecule has 2 N–H and O–H groups in total. The minimum Gasteiger partial charge on any atom is -0.508 e. The summed E-state index contributed by atoms with van der Waals surface area (Å²) in [7, 11) is 0. The zero-order chi connectivity index (χ0) is 22.2. The molecule has 3 rings (SSSR count). The van der Waals surface area contributed by atoms with Crippen molar-refractivity contribution in [2.24, 2.45) is 0 Å². The first kappa shape index (κ1) is 21.9. The van der Waals surface area contributed by atoms with E-state index in [9.17, 15) is 15.0 Å². The van der Waals surface area contributed by atoms with Crippen LogP contribution in [-0.4, -0.2) is 22.8 Å². The Kier molecular flexibility index (Phi) is 7.28. The molecule has 0 aliphatic carbocycles. The lowest BCUT2D eigenvalue weighted by Gasteiger charge is -2.17. The molecule has 4 heteroatoms. The van der Waals surface area contributed by atoms with Crippen molar-refractivity contribution in [2.75, 3.05) is 6.61 Å². The number of benzene rings is 3. The van der Waals surface area contributed by atoms with Crippen molar-refractivity contribution in [3.63, 3.8) is 0 Å². The largest absolute Gasteiger partial charge is 0.508 e. The van der Waals surface area contributed by atoms with Crippen molar-refractivity contribution in [1.29, 1.82) is 0 Å². The van der Waals surface area contributed by atoms with Gasteiger partial charge in [-0.1, -0.05) is 49.4 Å². The molecule has 0 spiro atoms. The Hall–Kier alpha value is -3.79. The summed E-state index contributed by atoms with van der Waals surface area (Å²) in [6, 6.07) is 22.2. The van der Waals surface area contributed by atoms with Gasteiger partial charge in [-0.05, 0) is 83.2 Å². The minimum absolute atomic E-state index is 0.206. The second-order valence-electron chi connectivity index (χ2n) is 7.01. The molecule has 0 fully saturated rings. The molecule has 0 amide bonds. The number of phenols is 2. The van der Waals surface area contributed by atoms with Gasteiger partial charge in [0.15, 0.2) is 0 Å². The molecule has 3 aromatic carbocycles. The third-order valence-corrected chi connectivity index (χ3v) is 4.90. The monoisotopic (exact) mass is 414 g/mol. The smallest absolute Gasteiger partial charge is 0.330 e. The van der Waals surface area contributed by atoms with Crippen molar-refractivity contribution in [2.45, 2.75) is 20.3 Å². The average Bonchev–Trinajstić information content (AvgIpc) is 2.78. The summed E-state index contributed by atoms with van der Waals surface area (Å²) >= 11 is 0. The number of allylic oxidation sites excluding steroid dienone is 1. The van der Waals surface area contributed by atoms with Crippen LogP contribution in [0.2, 0.25) is 0 Å². The second kappa shape index (κ2) is 10.3. The molecule has 0 aromatic heterocycles. The third-order valence-electron chi connectivity index (χ3n) is 4.90. The van der Waals surface area contributed by atoms with Crippen molar-refractivity contribution >= 4 is 23.2 Å². The van der Waals surface area contributed by atoms with Crippen molar-refractivity contribution < 1.29 is 19.7 Å². The molecule has 3 aromatic rings. The molecule has 4 nitrogen and oxygen atoms in total. The van der Waals surface area contributed by atoms with Gasteiger partial charge >= 0.3 is 5.97 Å². The quantitative estimate of drug-likeness (QED) is 0.281. The minimum atomic E-state index is -0.368. The summed E-state index contributed by atoms with van der Waals surface area (Å²) in [5, 5.41) is 19.5. The number of carbonyl (C=O) groups excluding carboxylic acids is 1. The van der Waals surface area contributed by atoms with E-state index in [1.54, 1.807) is 37.3 Å². The molecule has 0 atom stereocenters. The molecular formula is C27H26O4. The van der Waals surface area contributed by atoms with Gasteiger partial charge in [0.05, 0.1) is 6.61 Å². The predicted octanol–water partition coefficient (Wildman–Crippen LogP) is 6.04. The molecule has 0 heterocycles. The molecule has 158 valence electrons. The highest BCUT2D eigenvalue weighted by Crippen LogP contribution is 2.35. The Morgan fingerprint density at radius 2 is 1.42 bits per heavy atom. The Morgan fingerprint density at radius 3 is 1.94 bits per heavy atom. The molecular weight excluding hydrogens is 388 g/mol. The Bertz CT molecular complexity index is 1040. The van der Waals surface area contributed by atoms with Crippen LogP contribution in [-0.2, 0) is 9.53 Å². The maximum atomic E-state index is 11.7. The summed E-state index contributed by atoms with van der Waals surface area (Å²) < 4.78 is 4.96. The number of carbonyl (C=O) groups is 1. The average molecular weight is 415 g/mol. The molecule has 0 aliphatic heterocycles. The highest BCUT2D eigenvalue weighted by molar-refractivity contribution is 5.99. The van der Waals surface area contributed by atoms with Crippen molar-refractivity contribution in [1.82, 2.24) is 0 Å². The van der Waals surface area contributed by atoms with Crippen molar-refractivity contribution in [3.05, 3.63) is 101 Å². The van der Waals surface area contributed by atoms with Crippen LogP contribution in [0.5, 0.6) is 11.5 Å². The number of aromatic hydroxyl groups is 2. The van der Waals surface area contributed by atoms with Crippen LogP contribution in [0.3, 0.4) is 0 Å². The number of rotatable bonds is 7. The SMILES string of the molecule is CCOC(=O)C=Cc1cccc(C(CC)=C(c2ccc(O)cc2)c2ccc(O)cc2)c1. The van der Waals surface area contributed by atoms with E-state index in [0.29, 0.717) is 6.61 Å². The van der Waals surface area contributed by atoms with Gasteiger partial charge in [-0.25, -0.2) is 4.79 Å². The first-order valence-electron chi connectivity index (χ1n) is 10.3. The van der Waals surface area contributed by atoms with Crippen LogP contribution in [0.4, 0.5) is 0 Å². The van der Waals surface area contributed by atoms with Gasteiger partial charge in [0, 0.05) is 6.08 Å². The predicted molar refractivity (Wildman–Crippen MR) is 125 cm³/mol. The van der Waals surface area contributed by atoms with Crippen LogP contribution in [0.25, 0.3) is 17.2 Å². The first-order chi connectivity index (χ1) is 15.0. The van der Waals surface area contributed by atoms with E-state index in [1.807, 2.05) is 48.5 Å². The van der Waals surface area contributed by atoms with Gasteiger partial charge < -0.3 is 14.9 Å². The third kappa shape index (κ3) is 5.64. The fourth-order valence-corrected chi connectivity index (χ4v) is 3.48. The Balaban J connectivity index is 2.13. The number of hydrogen-bond donors (Lipinski definition) is 2. The van der Waals surface area contributed by atoms with Gasteiger partial charge in [-0.15, -0.1) is 0 Å². The molecule has 0 bridgehead atoms. The summed E-state index contributed by atoms with van der Waals surface area (Å²) in [6.07, 6.45) is 3.94. The number of hydrogen-bond acceptors (Lipinski definition) is 4. The van der Waals surface area contributed by atoms with E-state index in [-0.39, 0.29) is 17.5 Å². The molecule has 31 heavy (non-hydrogen) atoms. The molecule has 0 radical (unpaired) electrons. The lowest BCUT2D eigenvalue weighted by Crippen LogP contribution is -1.98. The summed E-state index contributed by atoms with van der Waals surface area (Å²) in [5.74, 6) is 0.0453. The summed E-state index contributed by atoms with van der Waals surface area (Å²) in [6.45, 7) is 4.21. The van der Waals surface area contributed by atoms with Crippen LogP contribution in [0.1, 0.15) is 42.5 Å². The van der Waals surface area contributed by atoms with E-state index in [0.717, 1.165) is 39.8 Å². The van der Waals surface area contributed by atoms with E-state index >= 15 is 0 Å². The second-order valence-corrected chi connectivity index (χ2v) is 7.01. The summed E-state index contributed by atoms with van der Waals surface area (Å²) in [5.41, 5.74) is 5.99. The lowest BCUT2D eigenvalue weighted by molar-refractivity contribution is -0.137. The maximum Gasteiger partial charge on any atom is 0.330 e. The van der Waals surface area contributed by atoms with Gasteiger partial charge in [-0.2, -0.15) is 0 Å². The normalized spacial score (nSPS) is 10.8. The molecule has 0 saturated carbocycles. The van der Waals surface area contributed by atoms with Gasteiger partial charge in [-0.3, -0.25) is 0 Å². The lowest BCUT2D eigenvalue weighted by atomic mass is 9.87. The Labute approximate surface area is 182 Å². The zero-order valence-corrected chi connectivity index (χ0v) is 17.7. The standard InChI is InChI=1S/C27H26O4/c1-3-25(22-7-5-6-19(18-22)8-17-26(30)31-4-2)27(20-9-13-23(28)14-10-20)21-11-15-24(29)16-12-21/h5-18,28-29H,3-4H2,1-2H3. The first-order valence-corrected chi connectivity index (χ1v) is 10.3. The van der Waals surface area contributed by atoms with Crippen LogP contribution >= 0.6 is 0 Å². The van der Waals surface area contributed by atoms with E-state index < -0.39 is 0 Å². The van der Waals surface area contributed by atoms with E-state index in [2.05, 4.69) is 6.92 Å². The highest BCUT2D eigenvalue weighted by atomic mass is 16.5. The number of esters is 1. The van der Waals surface area contributed by atoms with Crippen molar-refractivity contribution in [3.8, 4) is 11.5 Å². The van der Waals surface area contributed by atoms with Gasteiger partial charge in [0.2, 0.25) is 0 Å². The van der Waals surface area contributed by atoms with E-state index in [1.165, 1.54) is 6.08 Å². The zero-order valence-electron chi connectivity index (χ0n) is 17.7. The number of phenolic OH excluding ortho intramolecular Hbond substituents is 2. The molecule has 0 unspecified atom stereocenters. The van der Waals surface area contributed by atoms with Gasteiger partial charge in [0.25, 0.3) is 0 Å². The maximum absolute atomic E-state index is 11.7. The highest BCUT2D eigenvalue weighted by Gasteiger charge is 2.13. The molecule has 0 aliphatic rings. The van der Waals surface area contributed by atoms with Gasteiger partial charge in [0.1, 0.15) is 11.5 Å². The fraction of sp³-hybridized carbons (Fsp3) is 0.148. The summed E-state index contributed by atoms with van der Waals surface area (Å²) in [4.78, 5) is 11.7. The van der Waals surface area contributed by atoms with Crippen LogP contribution in [0, 0.1) is 0 Å². The van der Waals surface area contributed by atoms with Crippen LogP contribution < -0.4 is 0 Å². The van der Waals surface area contributed by atoms with Crippen LogP contribution in [0.15, 0.2) is 78.9 Å². The topological polar surface area (TPSA) is 66.8 Å². The fourth-order valence-electron chi connectivity index (χ4n) is 3.48.